The van der Waals surface area contributed by atoms with Crippen molar-refractivity contribution in [2.75, 3.05) is 23.3 Å². The zero-order valence-electron chi connectivity index (χ0n) is 17.2. The highest BCUT2D eigenvalue weighted by Gasteiger charge is 2.28. The van der Waals surface area contributed by atoms with E-state index in [4.69, 9.17) is 0 Å². The van der Waals surface area contributed by atoms with Gasteiger partial charge in [-0.25, -0.2) is 14.4 Å². The second-order valence-electron chi connectivity index (χ2n) is 7.80. The predicted molar refractivity (Wildman–Crippen MR) is 124 cm³/mol. The van der Waals surface area contributed by atoms with Crippen molar-refractivity contribution in [3.8, 4) is 16.9 Å². The SMILES string of the molecule is O=C(Nc1ccccc1O)C1CCN(c2ncnc3scc(-c4ccc(F)cc4)c23)CC1. The molecule has 0 atom stereocenters. The number of thiophene rings is 1. The zero-order valence-corrected chi connectivity index (χ0v) is 18.0. The first-order valence-electron chi connectivity index (χ1n) is 10.4. The number of halogens is 1. The molecule has 0 bridgehead atoms. The second-order valence-corrected chi connectivity index (χ2v) is 8.66. The van der Waals surface area contributed by atoms with Crippen LogP contribution in [0.1, 0.15) is 12.8 Å². The number of fused-ring (bicyclic) bond motifs is 1. The van der Waals surface area contributed by atoms with Gasteiger partial charge in [-0.05, 0) is 42.7 Å². The standard InChI is InChI=1S/C24H21FN4O2S/c25-17-7-5-15(6-8-17)18-13-32-24-21(18)22(26-14-27-24)29-11-9-16(10-12-29)23(31)28-19-3-1-2-4-20(19)30/h1-8,13-14,16,30H,9-12H2,(H,28,31). The number of hydrogen-bond acceptors (Lipinski definition) is 6. The lowest BCUT2D eigenvalue weighted by Gasteiger charge is -2.32. The van der Waals surface area contributed by atoms with E-state index in [1.165, 1.54) is 23.5 Å². The second kappa shape index (κ2) is 8.55. The molecule has 1 fully saturated rings. The topological polar surface area (TPSA) is 78.4 Å². The Morgan fingerprint density at radius 3 is 2.59 bits per heavy atom. The molecule has 1 aliphatic heterocycles. The van der Waals surface area contributed by atoms with Crippen LogP contribution < -0.4 is 10.2 Å². The normalized spacial score (nSPS) is 14.6. The molecule has 2 aromatic carbocycles. The van der Waals surface area contributed by atoms with Crippen molar-refractivity contribution in [1.29, 1.82) is 0 Å². The molecule has 0 aliphatic carbocycles. The summed E-state index contributed by atoms with van der Waals surface area (Å²) >= 11 is 1.54. The van der Waals surface area contributed by atoms with E-state index < -0.39 is 0 Å². The summed E-state index contributed by atoms with van der Waals surface area (Å²) < 4.78 is 13.4. The van der Waals surface area contributed by atoms with E-state index in [-0.39, 0.29) is 23.4 Å². The van der Waals surface area contributed by atoms with Crippen molar-refractivity contribution in [2.45, 2.75) is 12.8 Å². The molecule has 1 saturated heterocycles. The number of hydrogen-bond donors (Lipinski definition) is 2. The van der Waals surface area contributed by atoms with E-state index in [2.05, 4.69) is 20.2 Å². The highest BCUT2D eigenvalue weighted by molar-refractivity contribution is 7.17. The number of nitrogens with zero attached hydrogens (tertiary/aromatic N) is 3. The molecular formula is C24H21FN4O2S. The van der Waals surface area contributed by atoms with Crippen LogP contribution in [0.3, 0.4) is 0 Å². The van der Waals surface area contributed by atoms with Crippen LogP contribution in [0.4, 0.5) is 15.9 Å². The monoisotopic (exact) mass is 448 g/mol. The quantitative estimate of drug-likeness (QED) is 0.427. The van der Waals surface area contributed by atoms with Gasteiger partial charge >= 0.3 is 0 Å². The third-order valence-corrected chi connectivity index (χ3v) is 6.72. The fraction of sp³-hybridized carbons (Fsp3) is 0.208. The lowest BCUT2D eigenvalue weighted by Crippen LogP contribution is -2.38. The molecule has 0 saturated carbocycles. The Hall–Kier alpha value is -3.52. The van der Waals surface area contributed by atoms with E-state index in [0.29, 0.717) is 31.6 Å². The summed E-state index contributed by atoms with van der Waals surface area (Å²) in [6.07, 6.45) is 2.93. The van der Waals surface area contributed by atoms with Crippen LogP contribution >= 0.6 is 11.3 Å². The lowest BCUT2D eigenvalue weighted by molar-refractivity contribution is -0.120. The van der Waals surface area contributed by atoms with Gasteiger partial charge in [-0.2, -0.15) is 0 Å². The number of nitrogens with one attached hydrogen (secondary N) is 1. The number of anilines is 2. The maximum Gasteiger partial charge on any atom is 0.227 e. The van der Waals surface area contributed by atoms with E-state index in [9.17, 15) is 14.3 Å². The van der Waals surface area contributed by atoms with Gasteiger partial charge in [0.25, 0.3) is 0 Å². The van der Waals surface area contributed by atoms with E-state index >= 15 is 0 Å². The van der Waals surface area contributed by atoms with Gasteiger partial charge in [0.1, 0.15) is 28.5 Å². The lowest BCUT2D eigenvalue weighted by atomic mass is 9.95. The number of benzene rings is 2. The van der Waals surface area contributed by atoms with Gasteiger partial charge in [0.05, 0.1) is 11.1 Å². The average Bonchev–Trinajstić information content (AvgIpc) is 3.25. The van der Waals surface area contributed by atoms with Crippen LogP contribution in [0, 0.1) is 11.7 Å². The molecule has 3 heterocycles. The van der Waals surface area contributed by atoms with Crippen molar-refractivity contribution in [1.82, 2.24) is 9.97 Å². The third kappa shape index (κ3) is 3.89. The van der Waals surface area contributed by atoms with E-state index in [1.807, 2.05) is 5.38 Å². The van der Waals surface area contributed by atoms with Crippen molar-refractivity contribution in [2.24, 2.45) is 5.92 Å². The molecule has 4 aromatic rings. The number of rotatable bonds is 4. The molecule has 2 N–H and O–H groups in total. The number of carbonyl (C=O) groups is 1. The molecule has 2 aromatic heterocycles. The fourth-order valence-electron chi connectivity index (χ4n) is 4.11. The third-order valence-electron chi connectivity index (χ3n) is 5.83. The molecule has 8 heteroatoms. The Balaban J connectivity index is 1.35. The van der Waals surface area contributed by atoms with Crippen LogP contribution in [0.2, 0.25) is 0 Å². The Kier molecular flexibility index (Phi) is 5.45. The molecule has 0 unspecified atom stereocenters. The minimum absolute atomic E-state index is 0.0624. The number of aromatic nitrogens is 2. The molecular weight excluding hydrogens is 427 g/mol. The minimum Gasteiger partial charge on any atom is -0.506 e. The summed E-state index contributed by atoms with van der Waals surface area (Å²) in [7, 11) is 0. The smallest absolute Gasteiger partial charge is 0.227 e. The number of piperidine rings is 1. The number of phenols is 1. The van der Waals surface area contributed by atoms with Crippen LogP contribution in [0.25, 0.3) is 21.3 Å². The zero-order chi connectivity index (χ0) is 22.1. The van der Waals surface area contributed by atoms with Crippen molar-refractivity contribution in [3.05, 3.63) is 66.1 Å². The Morgan fingerprint density at radius 2 is 1.84 bits per heavy atom. The number of amides is 1. The molecule has 0 spiro atoms. The first-order chi connectivity index (χ1) is 15.6. The highest BCUT2D eigenvalue weighted by atomic mass is 32.1. The minimum atomic E-state index is -0.270. The average molecular weight is 449 g/mol. The number of para-hydroxylation sites is 2. The largest absolute Gasteiger partial charge is 0.506 e. The first-order valence-corrected chi connectivity index (χ1v) is 11.3. The van der Waals surface area contributed by atoms with Gasteiger partial charge in [0, 0.05) is 30.0 Å². The molecule has 162 valence electrons. The Labute approximate surface area is 188 Å². The van der Waals surface area contributed by atoms with Gasteiger partial charge in [-0.3, -0.25) is 4.79 Å². The highest BCUT2D eigenvalue weighted by Crippen LogP contribution is 2.39. The van der Waals surface area contributed by atoms with Gasteiger partial charge in [0.2, 0.25) is 5.91 Å². The van der Waals surface area contributed by atoms with Crippen LogP contribution in [0.5, 0.6) is 5.75 Å². The Bertz CT molecular complexity index is 1270. The van der Waals surface area contributed by atoms with E-state index in [1.54, 1.807) is 42.7 Å². The number of aromatic hydroxyl groups is 1. The summed E-state index contributed by atoms with van der Waals surface area (Å²) in [4.78, 5) is 24.8. The summed E-state index contributed by atoms with van der Waals surface area (Å²) in [5, 5.41) is 15.7. The maximum absolute atomic E-state index is 13.4. The number of carbonyl (C=O) groups excluding carboxylic acids is 1. The summed E-state index contributed by atoms with van der Waals surface area (Å²) in [5.74, 6) is 0.417. The fourth-order valence-corrected chi connectivity index (χ4v) is 5.02. The maximum atomic E-state index is 13.4. The van der Waals surface area contributed by atoms with Crippen LogP contribution in [-0.2, 0) is 4.79 Å². The van der Waals surface area contributed by atoms with Gasteiger partial charge < -0.3 is 15.3 Å². The summed E-state index contributed by atoms with van der Waals surface area (Å²) in [6.45, 7) is 1.37. The molecule has 0 radical (unpaired) electrons. The molecule has 1 aliphatic rings. The molecule has 6 nitrogen and oxygen atoms in total. The van der Waals surface area contributed by atoms with Gasteiger partial charge in [-0.15, -0.1) is 11.3 Å². The van der Waals surface area contributed by atoms with Crippen molar-refractivity contribution < 1.29 is 14.3 Å². The number of phenolic OH excluding ortho intramolecular Hbond substituents is 1. The van der Waals surface area contributed by atoms with Crippen molar-refractivity contribution in [3.63, 3.8) is 0 Å². The van der Waals surface area contributed by atoms with Gasteiger partial charge in [-0.1, -0.05) is 24.3 Å². The Morgan fingerprint density at radius 1 is 1.09 bits per heavy atom. The van der Waals surface area contributed by atoms with E-state index in [0.717, 1.165) is 27.2 Å². The van der Waals surface area contributed by atoms with Gasteiger partial charge in [0.15, 0.2) is 0 Å². The molecule has 32 heavy (non-hydrogen) atoms. The molecule has 5 rings (SSSR count). The molecule has 1 amide bonds. The summed E-state index contributed by atoms with van der Waals surface area (Å²) in [6, 6.07) is 13.2. The van der Waals surface area contributed by atoms with Crippen LogP contribution in [-0.4, -0.2) is 34.1 Å². The predicted octanol–water partition coefficient (Wildman–Crippen LogP) is 5.06. The summed E-state index contributed by atoms with van der Waals surface area (Å²) in [5.41, 5.74) is 2.34. The van der Waals surface area contributed by atoms with Crippen molar-refractivity contribution >= 4 is 39.0 Å². The van der Waals surface area contributed by atoms with Crippen LogP contribution in [0.15, 0.2) is 60.2 Å². The first kappa shape index (κ1) is 20.4.